The van der Waals surface area contributed by atoms with Gasteiger partial charge in [0.25, 0.3) is 0 Å². The van der Waals surface area contributed by atoms with Crippen molar-refractivity contribution in [3.8, 4) is 46.2 Å². The molecule has 3 aromatic rings. The number of pyridine rings is 1. The Morgan fingerprint density at radius 2 is 1.95 bits per heavy atom. The Morgan fingerprint density at radius 1 is 1.21 bits per heavy atom. The number of aromatic hydroxyl groups is 1. The molecule has 1 unspecified atom stereocenters. The maximum Gasteiger partial charge on any atom is 0.432 e. The van der Waals surface area contributed by atoms with E-state index < -0.39 is 41.2 Å². The molecular formula is C24H18F6N6O3. The molecule has 2 heterocycles. The molecule has 1 atom stereocenters. The zero-order valence-corrected chi connectivity index (χ0v) is 19.7. The molecule has 0 fully saturated rings. The average Bonchev–Trinajstić information content (AvgIpc) is 3.37. The number of alkyl halides is 6. The van der Waals surface area contributed by atoms with E-state index in [4.69, 9.17) is 16.7 Å². The van der Waals surface area contributed by atoms with Crippen LogP contribution in [0.15, 0.2) is 41.8 Å². The van der Waals surface area contributed by atoms with E-state index in [2.05, 4.69) is 26.0 Å². The Hall–Kier alpha value is -4.70. The van der Waals surface area contributed by atoms with Crippen LogP contribution < -0.4 is 4.74 Å². The van der Waals surface area contributed by atoms with Crippen molar-refractivity contribution < 1.29 is 41.0 Å². The van der Waals surface area contributed by atoms with Gasteiger partial charge in [-0.1, -0.05) is 5.11 Å². The Labute approximate surface area is 216 Å². The smallest absolute Gasteiger partial charge is 0.432 e. The second-order valence-electron chi connectivity index (χ2n) is 8.01. The number of phenols is 1. The molecule has 2 N–H and O–H groups in total. The highest BCUT2D eigenvalue weighted by Crippen LogP contribution is 2.45. The molecule has 0 saturated heterocycles. The summed E-state index contributed by atoms with van der Waals surface area (Å²) in [7, 11) is 0. The van der Waals surface area contributed by atoms with Gasteiger partial charge in [0.1, 0.15) is 29.0 Å². The highest BCUT2D eigenvalue weighted by Gasteiger charge is 2.34. The number of nitrogens with one attached hydrogen (secondary N) is 1. The number of ether oxygens (including phenoxy) is 1. The van der Waals surface area contributed by atoms with Gasteiger partial charge in [0.05, 0.1) is 23.4 Å². The number of halogens is 6. The van der Waals surface area contributed by atoms with E-state index in [0.29, 0.717) is 18.3 Å². The first-order valence-corrected chi connectivity index (χ1v) is 11.0. The van der Waals surface area contributed by atoms with Gasteiger partial charge in [-0.3, -0.25) is 14.9 Å². The van der Waals surface area contributed by atoms with E-state index in [-0.39, 0.29) is 54.0 Å². The van der Waals surface area contributed by atoms with E-state index in [1.54, 1.807) is 5.10 Å². The Balaban J connectivity index is 1.95. The molecule has 9 nitrogen and oxygen atoms in total. The number of carbonyl (C=O) groups excluding carboxylic acids is 1. The lowest BCUT2D eigenvalue weighted by molar-refractivity contribution is -0.141. The van der Waals surface area contributed by atoms with E-state index in [1.165, 1.54) is 12.1 Å². The van der Waals surface area contributed by atoms with Crippen molar-refractivity contribution in [1.29, 1.82) is 0 Å². The average molecular weight is 552 g/mol. The van der Waals surface area contributed by atoms with E-state index >= 15 is 0 Å². The molecule has 39 heavy (non-hydrogen) atoms. The molecule has 0 amide bonds. The zero-order chi connectivity index (χ0) is 28.8. The molecule has 3 rings (SSSR count). The molecule has 0 saturated carbocycles. The van der Waals surface area contributed by atoms with Gasteiger partial charge in [-0.15, -0.1) is 12.3 Å². The number of azide groups is 1. The third-order valence-electron chi connectivity index (χ3n) is 5.35. The summed E-state index contributed by atoms with van der Waals surface area (Å²) in [5.41, 5.74) is 5.16. The Morgan fingerprint density at radius 3 is 2.56 bits per heavy atom. The number of nitrogens with zero attached hydrogens (tertiary/aromatic N) is 5. The number of aromatic nitrogens is 3. The Kier molecular flexibility index (Phi) is 8.72. The molecule has 2 aromatic heterocycles. The minimum absolute atomic E-state index is 0.0813. The summed E-state index contributed by atoms with van der Waals surface area (Å²) in [4.78, 5) is 18.4. The van der Waals surface area contributed by atoms with Crippen LogP contribution in [0.1, 0.15) is 30.5 Å². The lowest BCUT2D eigenvalue weighted by atomic mass is 9.98. The van der Waals surface area contributed by atoms with Crippen LogP contribution in [-0.2, 0) is 17.1 Å². The number of rotatable bonds is 10. The predicted molar refractivity (Wildman–Crippen MR) is 125 cm³/mol. The molecule has 0 aliphatic heterocycles. The fourth-order valence-electron chi connectivity index (χ4n) is 3.50. The van der Waals surface area contributed by atoms with E-state index in [0.717, 1.165) is 6.20 Å². The van der Waals surface area contributed by atoms with Crippen LogP contribution in [0, 0.1) is 12.3 Å². The van der Waals surface area contributed by atoms with Crippen LogP contribution in [0.2, 0.25) is 0 Å². The topological polar surface area (TPSA) is 137 Å². The normalized spacial score (nSPS) is 12.3. The lowest BCUT2D eigenvalue weighted by Gasteiger charge is -2.16. The number of carbonyl (C=O) groups is 1. The highest BCUT2D eigenvalue weighted by molar-refractivity contribution is 5.85. The Bertz CT molecular complexity index is 1440. The summed E-state index contributed by atoms with van der Waals surface area (Å²) >= 11 is 0. The summed E-state index contributed by atoms with van der Waals surface area (Å²) < 4.78 is 84.6. The van der Waals surface area contributed by atoms with Crippen molar-refractivity contribution in [2.24, 2.45) is 5.11 Å². The first-order chi connectivity index (χ1) is 18.4. The highest BCUT2D eigenvalue weighted by atomic mass is 19.4. The van der Waals surface area contributed by atoms with Crippen LogP contribution in [0.25, 0.3) is 32.8 Å². The van der Waals surface area contributed by atoms with E-state index in [1.807, 2.05) is 0 Å². The minimum atomic E-state index is -4.78. The second kappa shape index (κ2) is 11.8. The lowest BCUT2D eigenvalue weighted by Crippen LogP contribution is -2.18. The summed E-state index contributed by atoms with van der Waals surface area (Å²) in [6, 6.07) is 2.67. The first-order valence-electron chi connectivity index (χ1n) is 11.0. The van der Waals surface area contributed by atoms with Gasteiger partial charge in [0, 0.05) is 41.3 Å². The predicted octanol–water partition coefficient (Wildman–Crippen LogP) is 6.31. The molecular weight excluding hydrogens is 534 g/mol. The third kappa shape index (κ3) is 6.99. The van der Waals surface area contributed by atoms with Crippen molar-refractivity contribution >= 4 is 5.78 Å². The number of ketones is 1. The molecule has 0 aliphatic rings. The minimum Gasteiger partial charge on any atom is -0.506 e. The summed E-state index contributed by atoms with van der Waals surface area (Å²) in [6.45, 7) is -0.163. The number of aromatic amines is 1. The van der Waals surface area contributed by atoms with Gasteiger partial charge in [-0.2, -0.15) is 31.4 Å². The van der Waals surface area contributed by atoms with Crippen LogP contribution in [0.5, 0.6) is 11.5 Å². The fourth-order valence-corrected chi connectivity index (χ4v) is 3.50. The second-order valence-corrected chi connectivity index (χ2v) is 8.01. The van der Waals surface area contributed by atoms with Crippen molar-refractivity contribution in [1.82, 2.24) is 15.2 Å². The molecule has 0 aliphatic carbocycles. The van der Waals surface area contributed by atoms with E-state index in [9.17, 15) is 36.2 Å². The molecule has 0 radical (unpaired) electrons. The van der Waals surface area contributed by atoms with Crippen molar-refractivity contribution in [2.45, 2.75) is 37.7 Å². The quantitative estimate of drug-likeness (QED) is 0.0758. The monoisotopic (exact) mass is 552 g/mol. The number of phenolic OH excluding ortho intramolecular Hbond substituents is 1. The third-order valence-corrected chi connectivity index (χ3v) is 5.35. The largest absolute Gasteiger partial charge is 0.506 e. The number of terminal acetylenes is 1. The fraction of sp³-hybridized carbons (Fsp3) is 0.292. The number of benzene rings is 1. The van der Waals surface area contributed by atoms with Gasteiger partial charge in [0.15, 0.2) is 0 Å². The van der Waals surface area contributed by atoms with Crippen molar-refractivity contribution in [2.75, 3.05) is 6.61 Å². The molecule has 0 spiro atoms. The number of hydrogen-bond donors (Lipinski definition) is 2. The van der Waals surface area contributed by atoms with Crippen molar-refractivity contribution in [3.63, 3.8) is 0 Å². The van der Waals surface area contributed by atoms with Crippen LogP contribution >= 0.6 is 0 Å². The maximum absolute atomic E-state index is 13.3. The van der Waals surface area contributed by atoms with Gasteiger partial charge in [0.2, 0.25) is 0 Å². The SMILES string of the molecule is C#CCC(N=[N+]=[N-])C(=O)CCCOc1ccc(-c2cc(C(F)(F)F)[nH]n2)c(O)c1-c1cncc(C(F)(F)F)c1. The molecule has 204 valence electrons. The standard InChI is InChI=1S/C24H18F6N6O3/c1-2-4-16(34-36-31)18(37)5-3-8-39-19-7-6-15(17-10-20(35-33-17)24(28,29)30)22(38)21(19)13-9-14(12-32-11-13)23(25,26)27/h1,6-7,9-12,16,38H,3-5,8H2,(H,33,35). The zero-order valence-electron chi connectivity index (χ0n) is 19.7. The van der Waals surface area contributed by atoms with Gasteiger partial charge in [-0.25, -0.2) is 0 Å². The van der Waals surface area contributed by atoms with Crippen molar-refractivity contribution in [3.05, 3.63) is 58.4 Å². The molecule has 0 bridgehead atoms. The molecule has 1 aromatic carbocycles. The summed E-state index contributed by atoms with van der Waals surface area (Å²) in [5, 5.41) is 19.7. The first kappa shape index (κ1) is 28.9. The van der Waals surface area contributed by atoms with Crippen LogP contribution in [0.3, 0.4) is 0 Å². The van der Waals surface area contributed by atoms with Gasteiger partial charge >= 0.3 is 12.4 Å². The number of hydrogen-bond acceptors (Lipinski definition) is 6. The molecule has 15 heteroatoms. The number of H-pyrrole nitrogens is 1. The van der Waals surface area contributed by atoms with Crippen LogP contribution in [-0.4, -0.2) is 38.7 Å². The summed E-state index contributed by atoms with van der Waals surface area (Å²) in [6.07, 6.45) is -2.92. The maximum atomic E-state index is 13.3. The summed E-state index contributed by atoms with van der Waals surface area (Å²) in [5.74, 6) is 0.936. The number of Topliss-reactive ketones (excluding diaryl/α,β-unsaturated/α-hetero) is 1. The van der Waals surface area contributed by atoms with Crippen LogP contribution in [0.4, 0.5) is 26.3 Å². The van der Waals surface area contributed by atoms with Gasteiger partial charge in [-0.05, 0) is 36.2 Å². The van der Waals surface area contributed by atoms with Gasteiger partial charge < -0.3 is 9.84 Å².